The number of halogens is 3. The molecule has 1 aromatic carbocycles. The molecule has 0 radical (unpaired) electrons. The zero-order chi connectivity index (χ0) is 14.9. The Morgan fingerprint density at radius 2 is 1.95 bits per heavy atom. The number of nitrogens with zero attached hydrogens (tertiary/aromatic N) is 1. The lowest BCUT2D eigenvalue weighted by Gasteiger charge is -2.36. The van der Waals surface area contributed by atoms with Crippen LogP contribution < -0.4 is 5.73 Å². The van der Waals surface area contributed by atoms with E-state index in [1.54, 1.807) is 6.92 Å². The highest BCUT2D eigenvalue weighted by Crippen LogP contribution is 2.27. The van der Waals surface area contributed by atoms with Gasteiger partial charge in [0.15, 0.2) is 11.6 Å². The maximum Gasteiger partial charge on any atom is 0.243 e. The fraction of sp³-hybridized carbons (Fsp3) is 0.538. The lowest BCUT2D eigenvalue weighted by atomic mass is 10.00. The summed E-state index contributed by atoms with van der Waals surface area (Å²) < 4.78 is 52.6. The molecule has 0 bridgehead atoms. The van der Waals surface area contributed by atoms with Crippen LogP contribution in [0.25, 0.3) is 0 Å². The average molecular weight is 341 g/mol. The van der Waals surface area contributed by atoms with Gasteiger partial charge in [0.2, 0.25) is 10.0 Å². The highest BCUT2D eigenvalue weighted by molar-refractivity contribution is 7.89. The third-order valence-electron chi connectivity index (χ3n) is 3.60. The largest absolute Gasteiger partial charge is 0.326 e. The van der Waals surface area contributed by atoms with E-state index in [1.165, 1.54) is 4.31 Å². The van der Waals surface area contributed by atoms with Crippen LogP contribution in [0.5, 0.6) is 0 Å². The molecule has 1 aliphatic heterocycles. The van der Waals surface area contributed by atoms with Crippen molar-refractivity contribution in [2.24, 2.45) is 5.73 Å². The summed E-state index contributed by atoms with van der Waals surface area (Å²) >= 11 is 0. The number of hydrogen-bond donors (Lipinski definition) is 1. The van der Waals surface area contributed by atoms with E-state index in [9.17, 15) is 17.2 Å². The molecule has 0 saturated carbocycles. The smallest absolute Gasteiger partial charge is 0.243 e. The molecule has 2 unspecified atom stereocenters. The van der Waals surface area contributed by atoms with Crippen LogP contribution in [0.1, 0.15) is 26.2 Å². The van der Waals surface area contributed by atoms with Crippen LogP contribution in [-0.2, 0) is 10.0 Å². The van der Waals surface area contributed by atoms with Crippen molar-refractivity contribution >= 4 is 22.4 Å². The fourth-order valence-electron chi connectivity index (χ4n) is 2.53. The molecule has 4 nitrogen and oxygen atoms in total. The average Bonchev–Trinajstić information content (AvgIpc) is 2.41. The normalized spacial score (nSPS) is 21.6. The van der Waals surface area contributed by atoms with E-state index in [0.717, 1.165) is 31.0 Å². The Morgan fingerprint density at radius 3 is 2.52 bits per heavy atom. The maximum absolute atomic E-state index is 13.2. The molecule has 2 N–H and O–H groups in total. The second-order valence-electron chi connectivity index (χ2n) is 5.11. The molecule has 0 aromatic heterocycles. The lowest BCUT2D eigenvalue weighted by Crippen LogP contribution is -2.51. The van der Waals surface area contributed by atoms with Crippen LogP contribution in [0.15, 0.2) is 23.1 Å². The third kappa shape index (κ3) is 3.71. The Kier molecular flexibility index (Phi) is 6.10. The first-order chi connectivity index (χ1) is 9.34. The first kappa shape index (κ1) is 18.3. The van der Waals surface area contributed by atoms with Crippen molar-refractivity contribution in [1.82, 2.24) is 4.31 Å². The number of piperidine rings is 1. The predicted octanol–water partition coefficient (Wildman–Crippen LogP) is 2.28. The van der Waals surface area contributed by atoms with Crippen molar-refractivity contribution in [3.05, 3.63) is 29.8 Å². The van der Waals surface area contributed by atoms with E-state index in [2.05, 4.69) is 0 Å². The molecular formula is C13H19ClF2N2O2S. The molecule has 8 heteroatoms. The van der Waals surface area contributed by atoms with Gasteiger partial charge in [-0.1, -0.05) is 6.42 Å². The van der Waals surface area contributed by atoms with Crippen molar-refractivity contribution in [3.63, 3.8) is 0 Å². The number of hydrogen-bond acceptors (Lipinski definition) is 3. The van der Waals surface area contributed by atoms with Gasteiger partial charge in [0.25, 0.3) is 0 Å². The van der Waals surface area contributed by atoms with Crippen molar-refractivity contribution in [2.75, 3.05) is 6.54 Å². The molecule has 1 aromatic rings. The molecule has 0 aliphatic carbocycles. The van der Waals surface area contributed by atoms with Crippen molar-refractivity contribution in [2.45, 2.75) is 43.2 Å². The first-order valence-electron chi connectivity index (χ1n) is 6.56. The highest BCUT2D eigenvalue weighted by Gasteiger charge is 2.35. The molecule has 1 aliphatic rings. The molecule has 0 spiro atoms. The Hall–Kier alpha value is -0.760. The second kappa shape index (κ2) is 7.00. The summed E-state index contributed by atoms with van der Waals surface area (Å²) in [6.45, 7) is 2.11. The van der Waals surface area contributed by atoms with E-state index < -0.39 is 21.7 Å². The molecule has 1 saturated heterocycles. The van der Waals surface area contributed by atoms with Gasteiger partial charge in [-0.3, -0.25) is 0 Å². The van der Waals surface area contributed by atoms with E-state index in [1.807, 2.05) is 0 Å². The molecule has 120 valence electrons. The molecular weight excluding hydrogens is 322 g/mol. The molecule has 1 heterocycles. The van der Waals surface area contributed by atoms with Gasteiger partial charge in [-0.2, -0.15) is 4.31 Å². The van der Waals surface area contributed by atoms with Gasteiger partial charge in [-0.25, -0.2) is 17.2 Å². The topological polar surface area (TPSA) is 63.4 Å². The summed E-state index contributed by atoms with van der Waals surface area (Å²) in [5.74, 6) is -2.23. The molecule has 2 rings (SSSR count). The number of nitrogens with two attached hydrogens (primary N) is 1. The minimum absolute atomic E-state index is 0. The van der Waals surface area contributed by atoms with Crippen molar-refractivity contribution in [3.8, 4) is 0 Å². The van der Waals surface area contributed by atoms with Gasteiger partial charge >= 0.3 is 0 Å². The van der Waals surface area contributed by atoms with Crippen LogP contribution in [0.3, 0.4) is 0 Å². The standard InChI is InChI=1S/C13H18F2N2O2S.ClH/c1-9(16)13-4-2-3-7-17(13)20(18,19)10-5-6-11(14)12(15)8-10;/h5-6,8-9,13H,2-4,7,16H2,1H3;1H. The highest BCUT2D eigenvalue weighted by atomic mass is 35.5. The Morgan fingerprint density at radius 1 is 1.29 bits per heavy atom. The molecule has 21 heavy (non-hydrogen) atoms. The van der Waals surface area contributed by atoms with Gasteiger partial charge in [0, 0.05) is 18.6 Å². The van der Waals surface area contributed by atoms with Gasteiger partial charge < -0.3 is 5.73 Å². The van der Waals surface area contributed by atoms with Gasteiger partial charge in [0.1, 0.15) is 0 Å². The quantitative estimate of drug-likeness (QED) is 0.918. The van der Waals surface area contributed by atoms with E-state index in [0.29, 0.717) is 13.0 Å². The number of benzene rings is 1. The van der Waals surface area contributed by atoms with Gasteiger partial charge in [-0.15, -0.1) is 12.4 Å². The Balaban J connectivity index is 0.00000220. The summed E-state index contributed by atoms with van der Waals surface area (Å²) in [7, 11) is -3.85. The summed E-state index contributed by atoms with van der Waals surface area (Å²) in [6, 6.07) is 2.02. The minimum atomic E-state index is -3.85. The van der Waals surface area contributed by atoms with E-state index >= 15 is 0 Å². The zero-order valence-corrected chi connectivity index (χ0v) is 13.3. The van der Waals surface area contributed by atoms with E-state index in [-0.39, 0.29) is 29.4 Å². The van der Waals surface area contributed by atoms with Crippen LogP contribution in [0, 0.1) is 11.6 Å². The maximum atomic E-state index is 13.2. The second-order valence-corrected chi connectivity index (χ2v) is 7.00. The molecule has 0 amide bonds. The van der Waals surface area contributed by atoms with E-state index in [4.69, 9.17) is 5.73 Å². The Labute approximate surface area is 129 Å². The van der Waals surface area contributed by atoms with Crippen LogP contribution >= 0.6 is 12.4 Å². The van der Waals surface area contributed by atoms with Gasteiger partial charge in [-0.05, 0) is 38.0 Å². The molecule has 1 fully saturated rings. The summed E-state index contributed by atoms with van der Waals surface area (Å²) in [6.07, 6.45) is 2.34. The van der Waals surface area contributed by atoms with Crippen molar-refractivity contribution in [1.29, 1.82) is 0 Å². The summed E-state index contributed by atoms with van der Waals surface area (Å²) in [4.78, 5) is -0.232. The molecule has 2 atom stereocenters. The SMILES string of the molecule is CC(N)C1CCCCN1S(=O)(=O)c1ccc(F)c(F)c1.Cl. The zero-order valence-electron chi connectivity index (χ0n) is 11.6. The van der Waals surface area contributed by atoms with Crippen LogP contribution in [0.4, 0.5) is 8.78 Å². The Bertz CT molecular complexity index is 596. The number of rotatable bonds is 3. The predicted molar refractivity (Wildman–Crippen MR) is 78.8 cm³/mol. The number of sulfonamides is 1. The fourth-order valence-corrected chi connectivity index (χ4v) is 4.31. The van der Waals surface area contributed by atoms with Crippen molar-refractivity contribution < 1.29 is 17.2 Å². The monoisotopic (exact) mass is 340 g/mol. The van der Waals surface area contributed by atoms with Crippen LogP contribution in [0.2, 0.25) is 0 Å². The van der Waals surface area contributed by atoms with Crippen LogP contribution in [-0.4, -0.2) is 31.4 Å². The summed E-state index contributed by atoms with van der Waals surface area (Å²) in [5.41, 5.74) is 5.85. The van der Waals surface area contributed by atoms with Gasteiger partial charge in [0.05, 0.1) is 4.90 Å². The minimum Gasteiger partial charge on any atom is -0.326 e. The summed E-state index contributed by atoms with van der Waals surface area (Å²) in [5, 5.41) is 0. The lowest BCUT2D eigenvalue weighted by molar-refractivity contribution is 0.227. The third-order valence-corrected chi connectivity index (χ3v) is 5.52. The first-order valence-corrected chi connectivity index (χ1v) is 8.00.